The van der Waals surface area contributed by atoms with Gasteiger partial charge in [0, 0.05) is 35.9 Å². The van der Waals surface area contributed by atoms with Crippen molar-refractivity contribution in [1.29, 1.82) is 0 Å². The monoisotopic (exact) mass is 303 g/mol. The van der Waals surface area contributed by atoms with Gasteiger partial charge in [0.05, 0.1) is 10.9 Å². The summed E-state index contributed by atoms with van der Waals surface area (Å²) < 4.78 is 0. The van der Waals surface area contributed by atoms with Crippen molar-refractivity contribution in [3.8, 4) is 11.3 Å². The van der Waals surface area contributed by atoms with Crippen molar-refractivity contribution < 1.29 is 0 Å². The molecule has 104 valence electrons. The lowest BCUT2D eigenvalue weighted by Gasteiger charge is -2.20. The maximum Gasteiger partial charge on any atom is 0.145 e. The van der Waals surface area contributed by atoms with Gasteiger partial charge in [-0.2, -0.15) is 11.8 Å². The molecule has 5 heteroatoms. The molecule has 2 heterocycles. The first-order valence-corrected chi connectivity index (χ1v) is 8.88. The number of aromatic nitrogens is 2. The van der Waals surface area contributed by atoms with Gasteiger partial charge in [-0.1, -0.05) is 30.3 Å². The molecule has 3 rings (SSSR count). The molecule has 0 aliphatic carbocycles. The zero-order chi connectivity index (χ0) is 13.8. The first-order chi connectivity index (χ1) is 9.86. The number of nitrogens with zero attached hydrogens (tertiary/aromatic N) is 2. The van der Waals surface area contributed by atoms with Crippen LogP contribution in [0.3, 0.4) is 0 Å². The van der Waals surface area contributed by atoms with Gasteiger partial charge in [0.1, 0.15) is 11.6 Å². The van der Waals surface area contributed by atoms with Crippen LogP contribution in [-0.2, 0) is 0 Å². The standard InChI is InChI=1S/C15H17N3S2/c1-16-14-9-12(11-5-3-2-4-6-11)17-15(18-14)13-10-19-7-8-20-13/h2-6,9,13H,7-8,10H2,1H3,(H,16,17,18). The van der Waals surface area contributed by atoms with Crippen LogP contribution in [0.25, 0.3) is 11.3 Å². The van der Waals surface area contributed by atoms with Gasteiger partial charge in [0.2, 0.25) is 0 Å². The number of nitrogens with one attached hydrogen (secondary N) is 1. The minimum absolute atomic E-state index is 0.407. The first-order valence-electron chi connectivity index (χ1n) is 6.68. The van der Waals surface area contributed by atoms with Gasteiger partial charge in [-0.05, 0) is 0 Å². The van der Waals surface area contributed by atoms with Gasteiger partial charge in [-0.3, -0.25) is 0 Å². The zero-order valence-corrected chi connectivity index (χ0v) is 13.0. The molecule has 1 atom stereocenters. The number of hydrogen-bond acceptors (Lipinski definition) is 5. The summed E-state index contributed by atoms with van der Waals surface area (Å²) in [5.74, 6) is 5.37. The highest BCUT2D eigenvalue weighted by atomic mass is 32.2. The van der Waals surface area contributed by atoms with Crippen LogP contribution < -0.4 is 5.32 Å². The Hall–Kier alpha value is -1.20. The molecule has 20 heavy (non-hydrogen) atoms. The maximum absolute atomic E-state index is 4.79. The molecule has 1 fully saturated rings. The molecular formula is C15H17N3S2. The van der Waals surface area contributed by atoms with Crippen molar-refractivity contribution >= 4 is 29.3 Å². The molecule has 2 aromatic rings. The largest absolute Gasteiger partial charge is 0.373 e. The third-order valence-electron chi connectivity index (χ3n) is 3.17. The molecule has 3 nitrogen and oxygen atoms in total. The van der Waals surface area contributed by atoms with Crippen LogP contribution in [0.5, 0.6) is 0 Å². The third kappa shape index (κ3) is 3.10. The van der Waals surface area contributed by atoms with Gasteiger partial charge in [-0.15, -0.1) is 11.8 Å². The van der Waals surface area contributed by atoms with E-state index in [1.807, 2.05) is 54.8 Å². The topological polar surface area (TPSA) is 37.8 Å². The molecule has 1 aromatic heterocycles. The Morgan fingerprint density at radius 3 is 2.70 bits per heavy atom. The van der Waals surface area contributed by atoms with Crippen LogP contribution in [0.4, 0.5) is 5.82 Å². The number of rotatable bonds is 3. The summed E-state index contributed by atoms with van der Waals surface area (Å²) in [5, 5.41) is 3.56. The lowest BCUT2D eigenvalue weighted by molar-refractivity contribution is 0.928. The summed E-state index contributed by atoms with van der Waals surface area (Å²) in [7, 11) is 1.91. The van der Waals surface area contributed by atoms with E-state index in [9.17, 15) is 0 Å². The fourth-order valence-corrected chi connectivity index (χ4v) is 4.73. The highest BCUT2D eigenvalue weighted by molar-refractivity contribution is 8.06. The average Bonchev–Trinajstić information content (AvgIpc) is 2.56. The van der Waals surface area contributed by atoms with Crippen molar-refractivity contribution in [2.75, 3.05) is 29.6 Å². The molecule has 0 spiro atoms. The van der Waals surface area contributed by atoms with Crippen LogP contribution in [0.2, 0.25) is 0 Å². The van der Waals surface area contributed by atoms with E-state index in [1.54, 1.807) is 0 Å². The lowest BCUT2D eigenvalue weighted by Crippen LogP contribution is -2.11. The van der Waals surface area contributed by atoms with Crippen LogP contribution >= 0.6 is 23.5 Å². The molecule has 1 saturated heterocycles. The summed E-state index contributed by atoms with van der Waals surface area (Å²) >= 11 is 3.96. The Morgan fingerprint density at radius 2 is 2.00 bits per heavy atom. The molecule has 1 aliphatic heterocycles. The van der Waals surface area contributed by atoms with Gasteiger partial charge in [0.15, 0.2) is 0 Å². The molecule has 0 saturated carbocycles. The summed E-state index contributed by atoms with van der Waals surface area (Å²) in [6, 6.07) is 12.3. The molecule has 0 amide bonds. The minimum atomic E-state index is 0.407. The first kappa shape index (κ1) is 13.8. The predicted octanol–water partition coefficient (Wildman–Crippen LogP) is 3.71. The molecule has 0 radical (unpaired) electrons. The van der Waals surface area contributed by atoms with E-state index >= 15 is 0 Å². The van der Waals surface area contributed by atoms with E-state index in [1.165, 1.54) is 11.5 Å². The summed E-state index contributed by atoms with van der Waals surface area (Å²) in [6.07, 6.45) is 0. The van der Waals surface area contributed by atoms with Crippen LogP contribution in [0, 0.1) is 0 Å². The van der Waals surface area contributed by atoms with Crippen molar-refractivity contribution in [3.63, 3.8) is 0 Å². The third-order valence-corrected chi connectivity index (χ3v) is 5.92. The van der Waals surface area contributed by atoms with Gasteiger partial charge >= 0.3 is 0 Å². The minimum Gasteiger partial charge on any atom is -0.373 e. The number of benzene rings is 1. The Morgan fingerprint density at radius 1 is 1.15 bits per heavy atom. The zero-order valence-electron chi connectivity index (χ0n) is 11.4. The highest BCUT2D eigenvalue weighted by Crippen LogP contribution is 2.36. The summed E-state index contributed by atoms with van der Waals surface area (Å²) in [5.41, 5.74) is 2.14. The Kier molecular flexibility index (Phi) is 4.47. The summed E-state index contributed by atoms with van der Waals surface area (Å²) in [4.78, 5) is 9.43. The van der Waals surface area contributed by atoms with Crippen molar-refractivity contribution in [2.24, 2.45) is 0 Å². The molecule has 1 aliphatic rings. The van der Waals surface area contributed by atoms with Gasteiger partial charge in [0.25, 0.3) is 0 Å². The molecule has 0 bridgehead atoms. The quantitative estimate of drug-likeness (QED) is 0.935. The fraction of sp³-hybridized carbons (Fsp3) is 0.333. The van der Waals surface area contributed by atoms with E-state index in [-0.39, 0.29) is 0 Å². The van der Waals surface area contributed by atoms with Gasteiger partial charge in [-0.25, -0.2) is 9.97 Å². The summed E-state index contributed by atoms with van der Waals surface area (Å²) in [6.45, 7) is 0. The van der Waals surface area contributed by atoms with Crippen molar-refractivity contribution in [2.45, 2.75) is 5.25 Å². The van der Waals surface area contributed by atoms with Crippen LogP contribution in [0.1, 0.15) is 11.1 Å². The number of thioether (sulfide) groups is 2. The Bertz CT molecular complexity index is 569. The van der Waals surface area contributed by atoms with Crippen LogP contribution in [-0.4, -0.2) is 34.3 Å². The van der Waals surface area contributed by atoms with Gasteiger partial charge < -0.3 is 5.32 Å². The van der Waals surface area contributed by atoms with E-state index in [4.69, 9.17) is 4.98 Å². The second-order valence-electron chi connectivity index (χ2n) is 4.55. The number of anilines is 1. The average molecular weight is 303 g/mol. The maximum atomic E-state index is 4.79. The normalized spacial score (nSPS) is 18.8. The highest BCUT2D eigenvalue weighted by Gasteiger charge is 2.20. The van der Waals surface area contributed by atoms with E-state index in [0.29, 0.717) is 5.25 Å². The molecule has 1 aromatic carbocycles. The Labute approximate surface area is 128 Å². The van der Waals surface area contributed by atoms with E-state index in [2.05, 4.69) is 22.4 Å². The second kappa shape index (κ2) is 6.50. The second-order valence-corrected chi connectivity index (χ2v) is 7.01. The SMILES string of the molecule is CNc1cc(-c2ccccc2)nc(C2CSCCS2)n1. The van der Waals surface area contributed by atoms with E-state index in [0.717, 1.165) is 28.7 Å². The van der Waals surface area contributed by atoms with Crippen LogP contribution in [0.15, 0.2) is 36.4 Å². The van der Waals surface area contributed by atoms with Crippen molar-refractivity contribution in [1.82, 2.24) is 9.97 Å². The fourth-order valence-electron chi connectivity index (χ4n) is 2.13. The lowest BCUT2D eigenvalue weighted by atomic mass is 10.1. The number of hydrogen-bond donors (Lipinski definition) is 1. The molecule has 1 unspecified atom stereocenters. The van der Waals surface area contributed by atoms with Crippen molar-refractivity contribution in [3.05, 3.63) is 42.2 Å². The predicted molar refractivity (Wildman–Crippen MR) is 89.5 cm³/mol. The molecule has 1 N–H and O–H groups in total. The molecular weight excluding hydrogens is 286 g/mol. The van der Waals surface area contributed by atoms with E-state index < -0.39 is 0 Å². The Balaban J connectivity index is 1.98. The smallest absolute Gasteiger partial charge is 0.145 e.